The fourth-order valence-electron chi connectivity index (χ4n) is 3.17. The fraction of sp³-hybridized carbons (Fsp3) is 0.400. The lowest BCUT2D eigenvalue weighted by Crippen LogP contribution is -2.39. The highest BCUT2D eigenvalue weighted by Gasteiger charge is 2.32. The van der Waals surface area contributed by atoms with Crippen LogP contribution in [0.4, 0.5) is 0 Å². The molecule has 1 unspecified atom stereocenters. The van der Waals surface area contributed by atoms with E-state index >= 15 is 0 Å². The van der Waals surface area contributed by atoms with Gasteiger partial charge in [0.1, 0.15) is 0 Å². The minimum absolute atomic E-state index is 0.408. The molecule has 21 heavy (non-hydrogen) atoms. The molecule has 1 aliphatic rings. The largest absolute Gasteiger partial charge is 0.309 e. The number of nitrogens with one attached hydrogen (secondary N) is 1. The summed E-state index contributed by atoms with van der Waals surface area (Å²) in [7, 11) is 0. The molecule has 0 saturated heterocycles. The van der Waals surface area contributed by atoms with E-state index in [0.717, 1.165) is 13.0 Å². The van der Waals surface area contributed by atoms with Crippen molar-refractivity contribution in [2.24, 2.45) is 5.41 Å². The van der Waals surface area contributed by atoms with Gasteiger partial charge in [-0.25, -0.2) is 0 Å². The first kappa shape index (κ1) is 14.3. The Morgan fingerprint density at radius 1 is 0.952 bits per heavy atom. The molecule has 0 spiro atoms. The Morgan fingerprint density at radius 3 is 2.14 bits per heavy atom. The van der Waals surface area contributed by atoms with Crippen LogP contribution in [0.5, 0.6) is 0 Å². The summed E-state index contributed by atoms with van der Waals surface area (Å²) < 4.78 is 0. The van der Waals surface area contributed by atoms with E-state index in [1.54, 1.807) is 0 Å². The second-order valence-corrected chi connectivity index (χ2v) is 6.70. The zero-order valence-corrected chi connectivity index (χ0v) is 12.9. The topological polar surface area (TPSA) is 12.0 Å². The van der Waals surface area contributed by atoms with Crippen LogP contribution in [0, 0.1) is 5.41 Å². The van der Waals surface area contributed by atoms with Crippen LogP contribution in [0.2, 0.25) is 0 Å². The van der Waals surface area contributed by atoms with E-state index in [-0.39, 0.29) is 0 Å². The van der Waals surface area contributed by atoms with Crippen molar-refractivity contribution in [3.05, 3.63) is 71.8 Å². The highest BCUT2D eigenvalue weighted by atomic mass is 14.9. The Bertz CT molecular complexity index is 543. The van der Waals surface area contributed by atoms with Gasteiger partial charge in [-0.1, -0.05) is 74.0 Å². The van der Waals surface area contributed by atoms with Gasteiger partial charge in [0.05, 0.1) is 0 Å². The summed E-state index contributed by atoms with van der Waals surface area (Å²) in [6, 6.07) is 22.1. The Kier molecular flexibility index (Phi) is 4.40. The van der Waals surface area contributed by atoms with Crippen LogP contribution in [-0.4, -0.2) is 6.54 Å². The van der Waals surface area contributed by atoms with Gasteiger partial charge in [-0.05, 0) is 35.8 Å². The monoisotopic (exact) mass is 279 g/mol. The number of benzene rings is 2. The van der Waals surface area contributed by atoms with Crippen molar-refractivity contribution in [1.82, 2.24) is 5.32 Å². The lowest BCUT2D eigenvalue weighted by atomic mass is 9.70. The van der Waals surface area contributed by atoms with Crippen LogP contribution in [-0.2, 0) is 6.42 Å². The molecule has 0 bridgehead atoms. The van der Waals surface area contributed by atoms with Crippen LogP contribution in [0.1, 0.15) is 43.4 Å². The van der Waals surface area contributed by atoms with Crippen LogP contribution in [0.3, 0.4) is 0 Å². The fourth-order valence-corrected chi connectivity index (χ4v) is 3.17. The summed E-state index contributed by atoms with van der Waals surface area (Å²) in [6.07, 6.45) is 5.19. The van der Waals surface area contributed by atoms with Gasteiger partial charge in [-0.15, -0.1) is 0 Å². The Morgan fingerprint density at radius 2 is 1.57 bits per heavy atom. The molecule has 1 atom stereocenters. The van der Waals surface area contributed by atoms with Crippen molar-refractivity contribution < 1.29 is 0 Å². The molecule has 0 aliphatic heterocycles. The van der Waals surface area contributed by atoms with Crippen LogP contribution >= 0.6 is 0 Å². The molecule has 0 radical (unpaired) electrons. The van der Waals surface area contributed by atoms with E-state index in [9.17, 15) is 0 Å². The molecule has 1 saturated carbocycles. The van der Waals surface area contributed by atoms with Crippen molar-refractivity contribution in [3.8, 4) is 0 Å². The zero-order valence-electron chi connectivity index (χ0n) is 12.9. The van der Waals surface area contributed by atoms with Crippen molar-refractivity contribution in [3.63, 3.8) is 0 Å². The molecule has 1 aliphatic carbocycles. The predicted octanol–water partition coefficient (Wildman–Crippen LogP) is 4.75. The molecule has 1 nitrogen and oxygen atoms in total. The summed E-state index contributed by atoms with van der Waals surface area (Å²) in [5.74, 6) is 0. The van der Waals surface area contributed by atoms with E-state index in [2.05, 4.69) is 72.9 Å². The first-order valence-corrected chi connectivity index (χ1v) is 8.07. The van der Waals surface area contributed by atoms with Gasteiger partial charge < -0.3 is 5.32 Å². The molecule has 3 rings (SSSR count). The first-order valence-electron chi connectivity index (χ1n) is 8.07. The quantitative estimate of drug-likeness (QED) is 0.804. The van der Waals surface area contributed by atoms with E-state index < -0.39 is 0 Å². The Balaban J connectivity index is 1.71. The molecule has 2 aromatic carbocycles. The molecule has 0 heterocycles. The van der Waals surface area contributed by atoms with Crippen LogP contribution in [0.25, 0.3) is 0 Å². The van der Waals surface area contributed by atoms with Gasteiger partial charge in [-0.3, -0.25) is 0 Å². The average molecular weight is 279 g/mol. The lowest BCUT2D eigenvalue weighted by molar-refractivity contribution is 0.150. The molecular formula is C20H25N. The SMILES string of the molecule is CC1(CNC(Cc2ccccc2)c2ccccc2)CCC1. The van der Waals surface area contributed by atoms with Crippen molar-refractivity contribution in [1.29, 1.82) is 0 Å². The van der Waals surface area contributed by atoms with E-state index in [4.69, 9.17) is 0 Å². The van der Waals surface area contributed by atoms with Gasteiger partial charge >= 0.3 is 0 Å². The molecule has 0 aromatic heterocycles. The van der Waals surface area contributed by atoms with Crippen molar-refractivity contribution in [2.45, 2.75) is 38.6 Å². The Labute approximate surface area is 128 Å². The summed E-state index contributed by atoms with van der Waals surface area (Å²) in [6.45, 7) is 3.54. The minimum atomic E-state index is 0.408. The number of hydrogen-bond acceptors (Lipinski definition) is 1. The smallest absolute Gasteiger partial charge is 0.0361 e. The molecule has 110 valence electrons. The lowest BCUT2D eigenvalue weighted by Gasteiger charge is -2.40. The standard InChI is InChI=1S/C20H25N/c1-20(13-8-14-20)16-21-19(18-11-6-3-7-12-18)15-17-9-4-2-5-10-17/h2-7,9-12,19,21H,8,13-16H2,1H3. The Hall–Kier alpha value is -1.60. The third-order valence-corrected chi connectivity index (χ3v) is 4.82. The predicted molar refractivity (Wildman–Crippen MR) is 89.3 cm³/mol. The minimum Gasteiger partial charge on any atom is -0.309 e. The maximum absolute atomic E-state index is 3.83. The third kappa shape index (κ3) is 3.74. The van der Waals surface area contributed by atoms with Gasteiger partial charge in [0.15, 0.2) is 0 Å². The maximum atomic E-state index is 3.83. The van der Waals surface area contributed by atoms with Crippen molar-refractivity contribution in [2.75, 3.05) is 6.54 Å². The van der Waals surface area contributed by atoms with Gasteiger partial charge in [-0.2, -0.15) is 0 Å². The zero-order chi connectivity index (χ0) is 14.5. The van der Waals surface area contributed by atoms with Crippen molar-refractivity contribution >= 4 is 0 Å². The molecule has 0 amide bonds. The first-order chi connectivity index (χ1) is 10.3. The van der Waals surface area contributed by atoms with E-state index in [1.165, 1.54) is 30.4 Å². The second-order valence-electron chi connectivity index (χ2n) is 6.70. The van der Waals surface area contributed by atoms with Crippen LogP contribution < -0.4 is 5.32 Å². The molecule has 1 heteroatoms. The molecule has 1 N–H and O–H groups in total. The normalized spacial score (nSPS) is 18.0. The van der Waals surface area contributed by atoms with Crippen LogP contribution in [0.15, 0.2) is 60.7 Å². The third-order valence-electron chi connectivity index (χ3n) is 4.82. The highest BCUT2D eigenvalue weighted by molar-refractivity contribution is 5.23. The summed E-state index contributed by atoms with van der Waals surface area (Å²) in [4.78, 5) is 0. The number of hydrogen-bond donors (Lipinski definition) is 1. The van der Waals surface area contributed by atoms with E-state index in [1.807, 2.05) is 0 Å². The summed E-state index contributed by atoms with van der Waals surface area (Å²) in [5, 5.41) is 3.83. The van der Waals surface area contributed by atoms with E-state index in [0.29, 0.717) is 11.5 Å². The number of rotatable bonds is 6. The maximum Gasteiger partial charge on any atom is 0.0361 e. The molecule has 2 aromatic rings. The molecular weight excluding hydrogens is 254 g/mol. The second kappa shape index (κ2) is 6.44. The van der Waals surface area contributed by atoms with Gasteiger partial charge in [0, 0.05) is 12.6 Å². The highest BCUT2D eigenvalue weighted by Crippen LogP contribution is 2.40. The van der Waals surface area contributed by atoms with Gasteiger partial charge in [0.25, 0.3) is 0 Å². The van der Waals surface area contributed by atoms with Gasteiger partial charge in [0.2, 0.25) is 0 Å². The molecule has 1 fully saturated rings. The summed E-state index contributed by atoms with van der Waals surface area (Å²) in [5.41, 5.74) is 3.31. The average Bonchev–Trinajstić information content (AvgIpc) is 2.51. The summed E-state index contributed by atoms with van der Waals surface area (Å²) >= 11 is 0.